The number of rotatable bonds is 11. The molecule has 5 nitrogen and oxygen atoms in total. The predicted octanol–water partition coefficient (Wildman–Crippen LogP) is 3.19. The number of amides is 2. The van der Waals surface area contributed by atoms with Crippen molar-refractivity contribution < 1.29 is 14.3 Å². The number of benzene rings is 2. The smallest absolute Gasteiger partial charge is 0.242 e. The van der Waals surface area contributed by atoms with E-state index in [1.807, 2.05) is 67.6 Å². The van der Waals surface area contributed by atoms with Gasteiger partial charge < -0.3 is 15.0 Å². The van der Waals surface area contributed by atoms with Gasteiger partial charge in [-0.1, -0.05) is 60.7 Å². The van der Waals surface area contributed by atoms with Gasteiger partial charge in [0.05, 0.1) is 6.42 Å². The Kier molecular flexibility index (Phi) is 9.22. The molecular formula is C23H30N2O3. The summed E-state index contributed by atoms with van der Waals surface area (Å²) in [5.41, 5.74) is 1.94. The zero-order valence-corrected chi connectivity index (χ0v) is 16.8. The quantitative estimate of drug-likeness (QED) is 0.607. The minimum absolute atomic E-state index is 0.0629. The highest BCUT2D eigenvalue weighted by molar-refractivity contribution is 5.88. The molecule has 0 heterocycles. The van der Waals surface area contributed by atoms with Crippen molar-refractivity contribution in [2.45, 2.75) is 39.3 Å². The minimum atomic E-state index is -0.552. The number of carbonyl (C=O) groups excluding carboxylic acids is 2. The summed E-state index contributed by atoms with van der Waals surface area (Å²) in [6.45, 7) is 5.95. The first-order valence-corrected chi connectivity index (χ1v) is 9.84. The van der Waals surface area contributed by atoms with Crippen LogP contribution in [0.2, 0.25) is 0 Å². The Morgan fingerprint density at radius 3 is 2.21 bits per heavy atom. The Morgan fingerprint density at radius 1 is 1.00 bits per heavy atom. The van der Waals surface area contributed by atoms with Crippen LogP contribution >= 0.6 is 0 Å². The van der Waals surface area contributed by atoms with E-state index in [0.717, 1.165) is 17.5 Å². The highest BCUT2D eigenvalue weighted by Gasteiger charge is 2.25. The Morgan fingerprint density at radius 2 is 1.61 bits per heavy atom. The maximum absolute atomic E-state index is 13.0. The number of hydrogen-bond acceptors (Lipinski definition) is 3. The fourth-order valence-corrected chi connectivity index (χ4v) is 2.91. The molecule has 2 amide bonds. The van der Waals surface area contributed by atoms with Crippen molar-refractivity contribution in [3.05, 3.63) is 71.8 Å². The lowest BCUT2D eigenvalue weighted by atomic mass is 10.1. The maximum Gasteiger partial charge on any atom is 0.242 e. The number of ether oxygens (including phenoxy) is 1. The number of nitrogens with zero attached hydrogens (tertiary/aromatic N) is 1. The lowest BCUT2D eigenvalue weighted by Gasteiger charge is -2.29. The molecule has 0 aliphatic carbocycles. The molecule has 150 valence electrons. The van der Waals surface area contributed by atoms with Gasteiger partial charge in [-0.3, -0.25) is 9.59 Å². The summed E-state index contributed by atoms with van der Waals surface area (Å²) in [5.74, 6) is -0.208. The van der Waals surface area contributed by atoms with Crippen LogP contribution in [-0.4, -0.2) is 42.5 Å². The van der Waals surface area contributed by atoms with Crippen molar-refractivity contribution >= 4 is 11.8 Å². The largest absolute Gasteiger partial charge is 0.382 e. The third-order valence-electron chi connectivity index (χ3n) is 4.53. The summed E-state index contributed by atoms with van der Waals surface area (Å²) in [7, 11) is 0. The topological polar surface area (TPSA) is 58.6 Å². The average Bonchev–Trinajstić information content (AvgIpc) is 2.72. The standard InChI is InChI=1S/C23H30N2O3/c1-3-28-16-10-15-24-23(27)19(2)25(18-21-13-8-5-9-14-21)22(26)17-20-11-6-4-7-12-20/h4-9,11-14,19H,3,10,15-18H2,1-2H3,(H,24,27). The summed E-state index contributed by atoms with van der Waals surface area (Å²) < 4.78 is 5.29. The van der Waals surface area contributed by atoms with Crippen molar-refractivity contribution in [2.75, 3.05) is 19.8 Å². The second-order valence-corrected chi connectivity index (χ2v) is 6.69. The van der Waals surface area contributed by atoms with Crippen LogP contribution in [0, 0.1) is 0 Å². The van der Waals surface area contributed by atoms with Crippen molar-refractivity contribution in [2.24, 2.45) is 0 Å². The molecule has 2 rings (SSSR count). The van der Waals surface area contributed by atoms with E-state index in [1.165, 1.54) is 0 Å². The van der Waals surface area contributed by atoms with Crippen LogP contribution < -0.4 is 5.32 Å². The fourth-order valence-electron chi connectivity index (χ4n) is 2.91. The summed E-state index contributed by atoms with van der Waals surface area (Å²) in [6, 6.07) is 18.8. The molecule has 0 aliphatic heterocycles. The van der Waals surface area contributed by atoms with Crippen LogP contribution in [0.15, 0.2) is 60.7 Å². The molecule has 2 aromatic carbocycles. The lowest BCUT2D eigenvalue weighted by molar-refractivity contribution is -0.140. The van der Waals surface area contributed by atoms with E-state index < -0.39 is 6.04 Å². The molecule has 0 radical (unpaired) electrons. The molecule has 1 N–H and O–H groups in total. The fraction of sp³-hybridized carbons (Fsp3) is 0.391. The zero-order valence-electron chi connectivity index (χ0n) is 16.8. The summed E-state index contributed by atoms with van der Waals surface area (Å²) in [5, 5.41) is 2.91. The molecule has 0 saturated carbocycles. The van der Waals surface area contributed by atoms with Gasteiger partial charge in [0.25, 0.3) is 0 Å². The van der Waals surface area contributed by atoms with E-state index in [0.29, 0.717) is 26.3 Å². The number of hydrogen-bond donors (Lipinski definition) is 1. The molecule has 0 fully saturated rings. The van der Waals surface area contributed by atoms with Gasteiger partial charge in [-0.25, -0.2) is 0 Å². The molecule has 28 heavy (non-hydrogen) atoms. The molecule has 1 unspecified atom stereocenters. The highest BCUT2D eigenvalue weighted by Crippen LogP contribution is 2.12. The SMILES string of the molecule is CCOCCCNC(=O)C(C)N(Cc1ccccc1)C(=O)Cc1ccccc1. The van der Waals surface area contributed by atoms with Gasteiger partial charge in [0.2, 0.25) is 11.8 Å². The summed E-state index contributed by atoms with van der Waals surface area (Å²) >= 11 is 0. The highest BCUT2D eigenvalue weighted by atomic mass is 16.5. The average molecular weight is 383 g/mol. The van der Waals surface area contributed by atoms with Crippen molar-refractivity contribution in [3.63, 3.8) is 0 Å². The summed E-state index contributed by atoms with van der Waals surface area (Å²) in [4.78, 5) is 27.3. The lowest BCUT2D eigenvalue weighted by Crippen LogP contribution is -2.48. The molecule has 0 saturated heterocycles. The molecule has 5 heteroatoms. The first-order chi connectivity index (χ1) is 13.6. The second-order valence-electron chi connectivity index (χ2n) is 6.69. The first-order valence-electron chi connectivity index (χ1n) is 9.84. The van der Waals surface area contributed by atoms with Crippen LogP contribution in [0.5, 0.6) is 0 Å². The van der Waals surface area contributed by atoms with Crippen molar-refractivity contribution in [1.82, 2.24) is 10.2 Å². The minimum Gasteiger partial charge on any atom is -0.382 e. The first kappa shape index (κ1) is 21.6. The normalized spacial score (nSPS) is 11.6. The van der Waals surface area contributed by atoms with Gasteiger partial charge in [0, 0.05) is 26.3 Å². The number of carbonyl (C=O) groups is 2. The van der Waals surface area contributed by atoms with Gasteiger partial charge in [-0.05, 0) is 31.4 Å². The predicted molar refractivity (Wildman–Crippen MR) is 111 cm³/mol. The second kappa shape index (κ2) is 11.9. The molecule has 1 atom stereocenters. The Labute approximate surface area is 167 Å². The van der Waals surface area contributed by atoms with E-state index in [2.05, 4.69) is 5.32 Å². The van der Waals surface area contributed by atoms with Crippen molar-refractivity contribution in [3.8, 4) is 0 Å². The monoisotopic (exact) mass is 382 g/mol. The van der Waals surface area contributed by atoms with Gasteiger partial charge in [-0.2, -0.15) is 0 Å². The van der Waals surface area contributed by atoms with Crippen LogP contribution in [0.4, 0.5) is 0 Å². The van der Waals surface area contributed by atoms with E-state index in [9.17, 15) is 9.59 Å². The van der Waals surface area contributed by atoms with Gasteiger partial charge in [-0.15, -0.1) is 0 Å². The van der Waals surface area contributed by atoms with E-state index in [4.69, 9.17) is 4.74 Å². The van der Waals surface area contributed by atoms with Gasteiger partial charge in [0.1, 0.15) is 6.04 Å². The zero-order chi connectivity index (χ0) is 20.2. The van der Waals surface area contributed by atoms with E-state index in [1.54, 1.807) is 11.8 Å². The van der Waals surface area contributed by atoms with Crippen LogP contribution in [-0.2, 0) is 27.3 Å². The number of nitrogens with one attached hydrogen (secondary N) is 1. The Bertz CT molecular complexity index is 719. The molecule has 0 bridgehead atoms. The third kappa shape index (κ3) is 7.16. The van der Waals surface area contributed by atoms with Gasteiger partial charge >= 0.3 is 0 Å². The van der Waals surface area contributed by atoms with Crippen LogP contribution in [0.1, 0.15) is 31.4 Å². The molecule has 2 aromatic rings. The van der Waals surface area contributed by atoms with Crippen LogP contribution in [0.25, 0.3) is 0 Å². The van der Waals surface area contributed by atoms with E-state index in [-0.39, 0.29) is 18.2 Å². The Balaban J connectivity index is 2.03. The van der Waals surface area contributed by atoms with Gasteiger partial charge in [0.15, 0.2) is 0 Å². The van der Waals surface area contributed by atoms with Crippen LogP contribution in [0.3, 0.4) is 0 Å². The maximum atomic E-state index is 13.0. The molecular weight excluding hydrogens is 352 g/mol. The third-order valence-corrected chi connectivity index (χ3v) is 4.53. The molecule has 0 aliphatic rings. The molecule has 0 aromatic heterocycles. The van der Waals surface area contributed by atoms with Crippen molar-refractivity contribution in [1.29, 1.82) is 0 Å². The van der Waals surface area contributed by atoms with E-state index >= 15 is 0 Å². The molecule has 0 spiro atoms. The Hall–Kier alpha value is -2.66. The summed E-state index contributed by atoms with van der Waals surface area (Å²) in [6.07, 6.45) is 1.03.